The highest BCUT2D eigenvalue weighted by molar-refractivity contribution is 5.71. The quantitative estimate of drug-likeness (QED) is 0.0211. The molecule has 9 nitrogen and oxygen atoms in total. The van der Waals surface area contributed by atoms with E-state index in [9.17, 15) is 19.5 Å². The Morgan fingerprint density at radius 1 is 0.323 bits per heavy atom. The first-order chi connectivity index (χ1) is 45.6. The Bertz CT molecular complexity index is 2330. The fourth-order valence-corrected chi connectivity index (χ4v) is 8.82. The van der Waals surface area contributed by atoms with Gasteiger partial charge in [0.05, 0.1) is 34.4 Å². The maximum atomic E-state index is 13.0. The highest BCUT2D eigenvalue weighted by atomic mass is 16.7. The molecule has 0 rings (SSSR count). The minimum absolute atomic E-state index is 0.169. The van der Waals surface area contributed by atoms with Gasteiger partial charge >= 0.3 is 17.9 Å². The summed E-state index contributed by atoms with van der Waals surface area (Å²) in [5.41, 5.74) is 0. The van der Waals surface area contributed by atoms with Crippen molar-refractivity contribution in [3.05, 3.63) is 219 Å². The lowest BCUT2D eigenvalue weighted by Gasteiger charge is -2.25. The number of unbranched alkanes of at least 4 members (excludes halogenated alkanes) is 12. The predicted octanol–water partition coefficient (Wildman–Crippen LogP) is 22.9. The molecule has 0 bridgehead atoms. The second-order valence-electron chi connectivity index (χ2n) is 24.1. The van der Waals surface area contributed by atoms with Crippen LogP contribution in [0.4, 0.5) is 0 Å². The molecule has 0 aromatic heterocycles. The number of nitrogens with zero attached hydrogens (tertiary/aromatic N) is 1. The number of allylic oxidation sites excluding steroid dienone is 36. The summed E-state index contributed by atoms with van der Waals surface area (Å²) in [6.45, 7) is 4.58. The Hall–Kier alpha value is -6.39. The summed E-state index contributed by atoms with van der Waals surface area (Å²) < 4.78 is 22.9. The van der Waals surface area contributed by atoms with Crippen molar-refractivity contribution >= 4 is 17.9 Å². The molecule has 0 aromatic carbocycles. The van der Waals surface area contributed by atoms with Gasteiger partial charge in [0.15, 0.2) is 6.10 Å². The van der Waals surface area contributed by atoms with Crippen molar-refractivity contribution in [3.8, 4) is 0 Å². The van der Waals surface area contributed by atoms with Gasteiger partial charge in [-0.2, -0.15) is 0 Å². The van der Waals surface area contributed by atoms with E-state index in [1.165, 1.54) is 12.8 Å². The first-order valence-corrected chi connectivity index (χ1v) is 35.9. The van der Waals surface area contributed by atoms with Crippen LogP contribution in [0.5, 0.6) is 0 Å². The van der Waals surface area contributed by atoms with Gasteiger partial charge in [0.25, 0.3) is 6.29 Å². The van der Waals surface area contributed by atoms with Gasteiger partial charge in [-0.1, -0.05) is 284 Å². The van der Waals surface area contributed by atoms with E-state index in [2.05, 4.69) is 233 Å². The number of hydrogen-bond acceptors (Lipinski definition) is 7. The lowest BCUT2D eigenvalue weighted by molar-refractivity contribution is -0.870. The lowest BCUT2D eigenvalue weighted by atomic mass is 10.1. The standard InChI is InChI=1S/C84H129NO8/c1-6-8-10-12-14-16-18-20-22-24-26-28-30-32-34-35-36-37-38-39-40-41-42-43-44-45-46-47-49-51-53-55-57-59-61-63-65-67-69-71-73-75-82(87)93-80(79-92-84(83(88)89)90-77-76-85(3,4)5)78-91-81(86)74-72-70-68-66-64-62-60-58-56-54-52-50-48-33-31-29-27-25-23-21-19-17-15-13-11-9-7-2/h8-11,14-17,20-23,26-29,32-34,36-37,39-40,42-43,45-46,48-49,51-52,54-55,57-58,60,80,84H,6-7,12-13,18-19,24-25,30-31,35,38,41,44,47,50,53,56,59,61-79H2,1-5H3/p+1/b10-8-,11-9-,16-14-,17-15-,22-20-,23-21-,28-26-,29-27-,34-32-,37-36-,40-39-,43-42-,46-45-,48-33-,51-49-,54-52-,57-55-,60-58-. The molecule has 93 heavy (non-hydrogen) atoms. The summed E-state index contributed by atoms with van der Waals surface area (Å²) in [6.07, 6.45) is 110. The van der Waals surface area contributed by atoms with Gasteiger partial charge in [0.1, 0.15) is 13.2 Å². The van der Waals surface area contributed by atoms with E-state index >= 15 is 0 Å². The molecular formula is C84H130NO8+. The van der Waals surface area contributed by atoms with E-state index in [4.69, 9.17) is 18.9 Å². The first-order valence-electron chi connectivity index (χ1n) is 35.9. The van der Waals surface area contributed by atoms with Crippen molar-refractivity contribution in [2.24, 2.45) is 0 Å². The van der Waals surface area contributed by atoms with Crippen molar-refractivity contribution in [1.29, 1.82) is 0 Å². The number of esters is 2. The van der Waals surface area contributed by atoms with E-state index in [1.54, 1.807) is 0 Å². The summed E-state index contributed by atoms with van der Waals surface area (Å²) in [5, 5.41) is 9.75. The number of aliphatic carboxylic acids is 1. The van der Waals surface area contributed by atoms with Crippen molar-refractivity contribution in [2.45, 2.75) is 245 Å². The zero-order chi connectivity index (χ0) is 67.5. The van der Waals surface area contributed by atoms with Crippen molar-refractivity contribution in [2.75, 3.05) is 47.5 Å². The van der Waals surface area contributed by atoms with Crippen LogP contribution in [0.2, 0.25) is 0 Å². The zero-order valence-corrected chi connectivity index (χ0v) is 59.1. The Morgan fingerprint density at radius 2 is 0.581 bits per heavy atom. The zero-order valence-electron chi connectivity index (χ0n) is 59.1. The average molecular weight is 1280 g/mol. The number of carboxylic acid groups (broad SMARTS) is 1. The Balaban J connectivity index is 4.26. The molecule has 0 heterocycles. The van der Waals surface area contributed by atoms with Gasteiger partial charge < -0.3 is 28.5 Å². The third-order valence-electron chi connectivity index (χ3n) is 14.2. The summed E-state index contributed by atoms with van der Waals surface area (Å²) in [4.78, 5) is 37.6. The Labute approximate surface area is 568 Å². The van der Waals surface area contributed by atoms with Crippen LogP contribution in [0.25, 0.3) is 0 Å². The molecule has 0 aromatic rings. The van der Waals surface area contributed by atoms with Crippen LogP contribution < -0.4 is 0 Å². The molecule has 518 valence electrons. The summed E-state index contributed by atoms with van der Waals surface area (Å²) >= 11 is 0. The Morgan fingerprint density at radius 3 is 0.860 bits per heavy atom. The van der Waals surface area contributed by atoms with Gasteiger partial charge in [0.2, 0.25) is 0 Å². The number of hydrogen-bond donors (Lipinski definition) is 1. The van der Waals surface area contributed by atoms with Crippen molar-refractivity contribution < 1.29 is 42.9 Å². The number of ether oxygens (including phenoxy) is 4. The molecule has 0 saturated carbocycles. The number of carboxylic acids is 1. The fourth-order valence-electron chi connectivity index (χ4n) is 8.82. The number of quaternary nitrogens is 1. The van der Waals surface area contributed by atoms with E-state index in [0.29, 0.717) is 23.9 Å². The highest BCUT2D eigenvalue weighted by Gasteiger charge is 2.25. The van der Waals surface area contributed by atoms with Crippen LogP contribution in [-0.4, -0.2) is 87.4 Å². The van der Waals surface area contributed by atoms with Crippen molar-refractivity contribution in [3.63, 3.8) is 0 Å². The number of rotatable bonds is 63. The fraction of sp³-hybridized carbons (Fsp3) is 0.536. The van der Waals surface area contributed by atoms with Crippen LogP contribution in [0.1, 0.15) is 232 Å². The average Bonchev–Trinajstić information content (AvgIpc) is 3.38. The molecule has 0 aliphatic heterocycles. The van der Waals surface area contributed by atoms with Crippen molar-refractivity contribution in [1.82, 2.24) is 0 Å². The molecule has 1 N–H and O–H groups in total. The van der Waals surface area contributed by atoms with Crippen LogP contribution in [0, 0.1) is 0 Å². The first kappa shape index (κ1) is 86.6. The van der Waals surface area contributed by atoms with E-state index in [1.807, 2.05) is 21.1 Å². The summed E-state index contributed by atoms with van der Waals surface area (Å²) in [6, 6.07) is 0. The van der Waals surface area contributed by atoms with Gasteiger partial charge in [-0.25, -0.2) is 4.79 Å². The molecular weight excluding hydrogens is 1150 g/mol. The third kappa shape index (κ3) is 72.9. The highest BCUT2D eigenvalue weighted by Crippen LogP contribution is 2.14. The maximum Gasteiger partial charge on any atom is 0.361 e. The van der Waals surface area contributed by atoms with E-state index in [0.717, 1.165) is 180 Å². The van der Waals surface area contributed by atoms with Gasteiger partial charge in [-0.3, -0.25) is 9.59 Å². The smallest absolute Gasteiger partial charge is 0.361 e. The third-order valence-corrected chi connectivity index (χ3v) is 14.2. The topological polar surface area (TPSA) is 108 Å². The second-order valence-corrected chi connectivity index (χ2v) is 24.1. The molecule has 2 unspecified atom stereocenters. The predicted molar refractivity (Wildman–Crippen MR) is 400 cm³/mol. The molecule has 0 spiro atoms. The normalized spacial score (nSPS) is 14.0. The Kier molecular flexibility index (Phi) is 66.5. The number of likely N-dealkylation sites (N-methyl/N-ethyl adjacent to an activating group) is 1. The van der Waals surface area contributed by atoms with Gasteiger partial charge in [-0.05, 0) is 154 Å². The van der Waals surface area contributed by atoms with E-state index in [-0.39, 0.29) is 38.6 Å². The number of carbonyl (C=O) groups is 3. The molecule has 0 saturated heterocycles. The van der Waals surface area contributed by atoms with Gasteiger partial charge in [-0.15, -0.1) is 0 Å². The SMILES string of the molecule is CC/C=C\C/C=C\C/C=C\C/C=C\C/C=C\C/C=C\C/C=C\C/C=C\C/C=C\C/C=C\C/C=C\CCCCCCCCCC(=O)OC(COC(=O)CCCCCCC/C=C\C/C=C\C/C=C\C/C=C\C/C=C\C/C=C\C/C=C\CC)COC(OCC[N+](C)(C)C)C(=O)O. The largest absolute Gasteiger partial charge is 0.477 e. The number of carbonyl (C=O) groups excluding carboxylic acids is 2. The molecule has 2 atom stereocenters. The van der Waals surface area contributed by atoms with E-state index < -0.39 is 24.3 Å². The minimum Gasteiger partial charge on any atom is -0.477 e. The van der Waals surface area contributed by atoms with Gasteiger partial charge in [0, 0.05) is 12.8 Å². The summed E-state index contributed by atoms with van der Waals surface area (Å²) in [5.74, 6) is -2.07. The minimum atomic E-state index is -1.53. The molecule has 0 aliphatic rings. The van der Waals surface area contributed by atoms with Crippen LogP contribution in [0.15, 0.2) is 219 Å². The molecule has 0 amide bonds. The van der Waals surface area contributed by atoms with Crippen LogP contribution in [0.3, 0.4) is 0 Å². The molecule has 0 aliphatic carbocycles. The van der Waals surface area contributed by atoms with Crippen LogP contribution >= 0.6 is 0 Å². The van der Waals surface area contributed by atoms with Crippen LogP contribution in [-0.2, 0) is 33.3 Å². The lowest BCUT2D eigenvalue weighted by Crippen LogP contribution is -2.40. The monoisotopic (exact) mass is 1280 g/mol. The molecule has 9 heteroatoms. The molecule has 0 radical (unpaired) electrons. The molecule has 0 fully saturated rings. The summed E-state index contributed by atoms with van der Waals surface area (Å²) in [7, 11) is 5.95. The maximum absolute atomic E-state index is 13.0. The second kappa shape index (κ2) is 71.5.